The number of carbonyl (C=O) groups is 1. The largest absolute Gasteiger partial charge is 0.479 e. The first-order valence-electron chi connectivity index (χ1n) is 6.60. The van der Waals surface area contributed by atoms with E-state index in [0.29, 0.717) is 5.75 Å². The molecule has 0 radical (unpaired) electrons. The molecule has 0 aliphatic heterocycles. The number of rotatable bonds is 5. The summed E-state index contributed by atoms with van der Waals surface area (Å²) in [6.07, 6.45) is 1.60. The predicted molar refractivity (Wildman–Crippen MR) is 79.9 cm³/mol. The standard InChI is InChI=1S/C15H13N3O5/c1-11-4-5-12(10-17-11)22-9-3-2-8-16-15(19)13-6-7-14(23-13)18(20)21/h4-7,10H,8-9H2,1H3,(H,16,19). The first-order chi connectivity index (χ1) is 11.1. The maximum absolute atomic E-state index is 11.6. The van der Waals surface area contributed by atoms with Crippen molar-refractivity contribution in [1.29, 1.82) is 0 Å². The molecule has 0 aliphatic rings. The molecule has 2 rings (SSSR count). The van der Waals surface area contributed by atoms with E-state index >= 15 is 0 Å². The summed E-state index contributed by atoms with van der Waals surface area (Å²) in [5, 5.41) is 12.9. The first kappa shape index (κ1) is 16.0. The fourth-order valence-corrected chi connectivity index (χ4v) is 1.53. The van der Waals surface area contributed by atoms with Gasteiger partial charge in [0, 0.05) is 5.69 Å². The minimum atomic E-state index is -0.714. The summed E-state index contributed by atoms with van der Waals surface area (Å²) in [5.74, 6) is 4.83. The number of pyridine rings is 1. The third-order valence-corrected chi connectivity index (χ3v) is 2.65. The van der Waals surface area contributed by atoms with E-state index in [9.17, 15) is 14.9 Å². The number of nitrogens with zero attached hydrogens (tertiary/aromatic N) is 2. The lowest BCUT2D eigenvalue weighted by molar-refractivity contribution is -0.402. The van der Waals surface area contributed by atoms with Crippen molar-refractivity contribution in [2.75, 3.05) is 13.2 Å². The Morgan fingerprint density at radius 2 is 2.22 bits per heavy atom. The van der Waals surface area contributed by atoms with Crippen molar-refractivity contribution >= 4 is 11.8 Å². The lowest BCUT2D eigenvalue weighted by Crippen LogP contribution is -2.23. The zero-order valence-electron chi connectivity index (χ0n) is 12.2. The molecule has 0 unspecified atom stereocenters. The Labute approximate surface area is 131 Å². The van der Waals surface area contributed by atoms with E-state index in [1.165, 1.54) is 6.07 Å². The molecule has 0 atom stereocenters. The summed E-state index contributed by atoms with van der Waals surface area (Å²) in [7, 11) is 0. The minimum Gasteiger partial charge on any atom is -0.479 e. The number of nitro groups is 1. The van der Waals surface area contributed by atoms with Gasteiger partial charge >= 0.3 is 5.88 Å². The van der Waals surface area contributed by atoms with Gasteiger partial charge in [-0.15, -0.1) is 0 Å². The summed E-state index contributed by atoms with van der Waals surface area (Å²) < 4.78 is 10.1. The van der Waals surface area contributed by atoms with Crippen LogP contribution in [0.5, 0.6) is 5.75 Å². The molecule has 0 fully saturated rings. The van der Waals surface area contributed by atoms with Crippen LogP contribution >= 0.6 is 0 Å². The molecule has 0 spiro atoms. The van der Waals surface area contributed by atoms with Gasteiger partial charge in [-0.25, -0.2) is 0 Å². The summed E-state index contributed by atoms with van der Waals surface area (Å²) in [6, 6.07) is 5.96. The highest BCUT2D eigenvalue weighted by Crippen LogP contribution is 2.15. The second-order valence-corrected chi connectivity index (χ2v) is 4.36. The fraction of sp³-hybridized carbons (Fsp3) is 0.200. The van der Waals surface area contributed by atoms with Gasteiger partial charge in [-0.1, -0.05) is 11.8 Å². The molecular formula is C15H13N3O5. The van der Waals surface area contributed by atoms with Gasteiger partial charge in [-0.05, 0) is 25.1 Å². The molecule has 118 valence electrons. The maximum atomic E-state index is 11.6. The van der Waals surface area contributed by atoms with E-state index in [2.05, 4.69) is 22.1 Å². The number of aromatic nitrogens is 1. The van der Waals surface area contributed by atoms with Gasteiger partial charge in [0.05, 0.1) is 18.8 Å². The number of nitrogens with one attached hydrogen (secondary N) is 1. The minimum absolute atomic E-state index is 0.0723. The van der Waals surface area contributed by atoms with Gasteiger partial charge in [0.2, 0.25) is 0 Å². The Morgan fingerprint density at radius 3 is 2.87 bits per heavy atom. The van der Waals surface area contributed by atoms with Crippen LogP contribution in [0, 0.1) is 28.9 Å². The van der Waals surface area contributed by atoms with Crippen LogP contribution < -0.4 is 10.1 Å². The molecule has 0 aromatic carbocycles. The Bertz CT molecular complexity index is 755. The van der Waals surface area contributed by atoms with Crippen molar-refractivity contribution in [3.63, 3.8) is 0 Å². The highest BCUT2D eigenvalue weighted by molar-refractivity contribution is 5.91. The molecule has 1 amide bonds. The predicted octanol–water partition coefficient (Wildman–Crippen LogP) is 1.70. The molecule has 2 aromatic rings. The van der Waals surface area contributed by atoms with E-state index in [1.807, 2.05) is 13.0 Å². The van der Waals surface area contributed by atoms with Crippen LogP contribution in [0.15, 0.2) is 34.9 Å². The van der Waals surface area contributed by atoms with Crippen molar-refractivity contribution in [1.82, 2.24) is 10.3 Å². The summed E-state index contributed by atoms with van der Waals surface area (Å²) in [4.78, 5) is 25.4. The number of furan rings is 1. The van der Waals surface area contributed by atoms with Crippen molar-refractivity contribution in [2.24, 2.45) is 0 Å². The number of amides is 1. The molecule has 0 saturated carbocycles. The van der Waals surface area contributed by atoms with Gasteiger partial charge in [-0.2, -0.15) is 0 Å². The van der Waals surface area contributed by atoms with Gasteiger partial charge in [0.1, 0.15) is 17.3 Å². The van der Waals surface area contributed by atoms with Crippen LogP contribution in [0.3, 0.4) is 0 Å². The molecule has 23 heavy (non-hydrogen) atoms. The SMILES string of the molecule is Cc1ccc(OCC#CCNC(=O)c2ccc([N+](=O)[O-])o2)cn1. The molecule has 1 N–H and O–H groups in total. The monoisotopic (exact) mass is 315 g/mol. The van der Waals surface area contributed by atoms with Crippen molar-refractivity contribution < 1.29 is 18.9 Å². The number of aryl methyl sites for hydroxylation is 1. The van der Waals surface area contributed by atoms with Crippen LogP contribution in [0.25, 0.3) is 0 Å². The Hall–Kier alpha value is -3.34. The highest BCUT2D eigenvalue weighted by Gasteiger charge is 2.16. The van der Waals surface area contributed by atoms with E-state index in [-0.39, 0.29) is 18.9 Å². The lowest BCUT2D eigenvalue weighted by atomic mass is 10.4. The van der Waals surface area contributed by atoms with Crippen LogP contribution in [0.4, 0.5) is 5.88 Å². The Kier molecular flexibility index (Phi) is 5.30. The van der Waals surface area contributed by atoms with Crippen molar-refractivity contribution in [2.45, 2.75) is 6.92 Å². The van der Waals surface area contributed by atoms with E-state index in [4.69, 9.17) is 9.15 Å². The summed E-state index contributed by atoms with van der Waals surface area (Å²) in [5.41, 5.74) is 0.893. The van der Waals surface area contributed by atoms with Gasteiger partial charge in [0.15, 0.2) is 5.76 Å². The smallest absolute Gasteiger partial charge is 0.433 e. The number of carbonyl (C=O) groups excluding carboxylic acids is 1. The zero-order chi connectivity index (χ0) is 16.7. The van der Waals surface area contributed by atoms with Gasteiger partial charge < -0.3 is 14.5 Å². The first-order valence-corrected chi connectivity index (χ1v) is 6.60. The van der Waals surface area contributed by atoms with Crippen LogP contribution in [0.1, 0.15) is 16.2 Å². The lowest BCUT2D eigenvalue weighted by Gasteiger charge is -2.00. The Morgan fingerprint density at radius 1 is 1.39 bits per heavy atom. The van der Waals surface area contributed by atoms with Crippen LogP contribution in [-0.2, 0) is 0 Å². The average molecular weight is 315 g/mol. The topological polar surface area (TPSA) is 108 Å². The molecular weight excluding hydrogens is 302 g/mol. The van der Waals surface area contributed by atoms with Crippen molar-refractivity contribution in [3.8, 4) is 17.6 Å². The van der Waals surface area contributed by atoms with Gasteiger partial charge in [0.25, 0.3) is 5.91 Å². The second kappa shape index (κ2) is 7.61. The highest BCUT2D eigenvalue weighted by atomic mass is 16.6. The quantitative estimate of drug-likeness (QED) is 0.511. The van der Waals surface area contributed by atoms with E-state index in [1.54, 1.807) is 12.3 Å². The van der Waals surface area contributed by atoms with Crippen LogP contribution in [0.2, 0.25) is 0 Å². The van der Waals surface area contributed by atoms with Gasteiger partial charge in [-0.3, -0.25) is 19.9 Å². The third kappa shape index (κ3) is 4.86. The summed E-state index contributed by atoms with van der Waals surface area (Å²) in [6.45, 7) is 2.11. The zero-order valence-corrected chi connectivity index (χ0v) is 12.2. The number of hydrogen-bond acceptors (Lipinski definition) is 6. The number of hydrogen-bond donors (Lipinski definition) is 1. The number of ether oxygens (including phenoxy) is 1. The summed E-state index contributed by atoms with van der Waals surface area (Å²) >= 11 is 0. The van der Waals surface area contributed by atoms with Crippen molar-refractivity contribution in [3.05, 3.63) is 52.0 Å². The molecule has 0 bridgehead atoms. The second-order valence-electron chi connectivity index (χ2n) is 4.36. The normalized spacial score (nSPS) is 9.61. The Balaban J connectivity index is 1.73. The molecule has 8 nitrogen and oxygen atoms in total. The molecule has 8 heteroatoms. The molecule has 2 heterocycles. The van der Waals surface area contributed by atoms with E-state index < -0.39 is 16.7 Å². The van der Waals surface area contributed by atoms with E-state index in [0.717, 1.165) is 11.8 Å². The average Bonchev–Trinajstić information content (AvgIpc) is 3.02. The molecule has 0 aliphatic carbocycles. The molecule has 2 aromatic heterocycles. The maximum Gasteiger partial charge on any atom is 0.433 e. The molecule has 0 saturated heterocycles. The third-order valence-electron chi connectivity index (χ3n) is 2.65. The van der Waals surface area contributed by atoms with Crippen LogP contribution in [-0.4, -0.2) is 29.0 Å². The fourth-order valence-electron chi connectivity index (χ4n) is 1.53.